The molecule has 2 heterocycles. The zero-order valence-corrected chi connectivity index (χ0v) is 13.5. The van der Waals surface area contributed by atoms with Crippen molar-refractivity contribution in [2.45, 2.75) is 38.8 Å². The van der Waals surface area contributed by atoms with Crippen molar-refractivity contribution in [2.75, 3.05) is 11.9 Å². The van der Waals surface area contributed by atoms with Crippen molar-refractivity contribution in [1.82, 2.24) is 9.55 Å². The van der Waals surface area contributed by atoms with Crippen LogP contribution in [0.4, 0.5) is 5.69 Å². The van der Waals surface area contributed by atoms with Crippen LogP contribution < -0.4 is 11.1 Å². The first kappa shape index (κ1) is 15.7. The van der Waals surface area contributed by atoms with E-state index in [9.17, 15) is 4.79 Å². The molecule has 0 bridgehead atoms. The maximum atomic E-state index is 12.2. The van der Waals surface area contributed by atoms with Crippen LogP contribution in [0, 0.1) is 13.8 Å². The molecule has 6 nitrogen and oxygen atoms in total. The van der Waals surface area contributed by atoms with Gasteiger partial charge in [-0.05, 0) is 51.0 Å². The van der Waals surface area contributed by atoms with E-state index in [1.807, 2.05) is 42.7 Å². The van der Waals surface area contributed by atoms with Crippen molar-refractivity contribution in [1.29, 1.82) is 0 Å². The molecule has 1 aromatic carbocycles. The summed E-state index contributed by atoms with van der Waals surface area (Å²) in [4.78, 5) is 16.5. The predicted octanol–water partition coefficient (Wildman–Crippen LogP) is 1.93. The van der Waals surface area contributed by atoms with Gasteiger partial charge < -0.3 is 20.4 Å². The van der Waals surface area contributed by atoms with Crippen molar-refractivity contribution in [2.24, 2.45) is 5.73 Å². The summed E-state index contributed by atoms with van der Waals surface area (Å²) in [6, 6.07) is 7.71. The molecule has 0 aliphatic carbocycles. The predicted molar refractivity (Wildman–Crippen MR) is 88.6 cm³/mol. The Hall–Kier alpha value is -2.18. The normalized spacial score (nSPS) is 21.2. The van der Waals surface area contributed by atoms with E-state index < -0.39 is 6.10 Å². The summed E-state index contributed by atoms with van der Waals surface area (Å²) in [5.41, 5.74) is 9.76. The van der Waals surface area contributed by atoms with Crippen molar-refractivity contribution in [3.63, 3.8) is 0 Å². The highest BCUT2D eigenvalue weighted by Crippen LogP contribution is 2.18. The zero-order chi connectivity index (χ0) is 16.4. The van der Waals surface area contributed by atoms with Gasteiger partial charge in [0, 0.05) is 29.7 Å². The fourth-order valence-corrected chi connectivity index (χ4v) is 2.69. The number of anilines is 1. The van der Waals surface area contributed by atoms with E-state index in [4.69, 9.17) is 10.5 Å². The number of nitrogens with zero attached hydrogens (tertiary/aromatic N) is 2. The molecule has 6 heteroatoms. The molecule has 0 saturated carbocycles. The highest BCUT2D eigenvalue weighted by molar-refractivity contribution is 5.94. The second kappa shape index (κ2) is 6.52. The van der Waals surface area contributed by atoms with Gasteiger partial charge in [-0.3, -0.25) is 4.79 Å². The van der Waals surface area contributed by atoms with Crippen LogP contribution in [0.15, 0.2) is 30.6 Å². The van der Waals surface area contributed by atoms with Crippen molar-refractivity contribution >= 4 is 11.6 Å². The van der Waals surface area contributed by atoms with Gasteiger partial charge in [-0.15, -0.1) is 0 Å². The Bertz CT molecular complexity index is 693. The number of aryl methyl sites for hydroxylation is 1. The maximum absolute atomic E-state index is 12.2. The molecule has 1 saturated heterocycles. The van der Waals surface area contributed by atoms with Gasteiger partial charge in [0.15, 0.2) is 0 Å². The Morgan fingerprint density at radius 2 is 2.09 bits per heavy atom. The molecule has 0 radical (unpaired) electrons. The summed E-state index contributed by atoms with van der Waals surface area (Å²) in [7, 11) is 0. The number of ether oxygens (including phenoxy) is 1. The number of nitrogens with one attached hydrogen (secondary N) is 1. The molecule has 1 aromatic heterocycles. The van der Waals surface area contributed by atoms with Crippen LogP contribution in [0.1, 0.15) is 24.2 Å². The smallest absolute Gasteiger partial charge is 0.253 e. The van der Waals surface area contributed by atoms with Crippen LogP contribution in [0.3, 0.4) is 0 Å². The number of hydrogen-bond donors (Lipinski definition) is 2. The van der Waals surface area contributed by atoms with E-state index in [1.54, 1.807) is 6.33 Å². The molecule has 0 spiro atoms. The van der Waals surface area contributed by atoms with E-state index in [0.717, 1.165) is 29.2 Å². The molecular formula is C17H22N4O2. The van der Waals surface area contributed by atoms with Crippen LogP contribution >= 0.6 is 0 Å². The fourth-order valence-electron chi connectivity index (χ4n) is 2.69. The number of amides is 1. The van der Waals surface area contributed by atoms with Gasteiger partial charge >= 0.3 is 0 Å². The summed E-state index contributed by atoms with van der Waals surface area (Å²) in [5, 5.41) is 2.89. The number of benzene rings is 1. The average Bonchev–Trinajstić information content (AvgIpc) is 2.88. The van der Waals surface area contributed by atoms with Gasteiger partial charge in [0.1, 0.15) is 6.10 Å². The lowest BCUT2D eigenvalue weighted by Gasteiger charge is -2.26. The summed E-state index contributed by atoms with van der Waals surface area (Å²) >= 11 is 0. The first-order valence-corrected chi connectivity index (χ1v) is 7.83. The minimum absolute atomic E-state index is 0.0364. The van der Waals surface area contributed by atoms with Gasteiger partial charge in [0.2, 0.25) is 0 Å². The molecule has 1 aliphatic heterocycles. The number of nitrogens with two attached hydrogens (primary N) is 1. The lowest BCUT2D eigenvalue weighted by molar-refractivity contribution is -0.130. The molecule has 2 atom stereocenters. The van der Waals surface area contributed by atoms with E-state index >= 15 is 0 Å². The van der Waals surface area contributed by atoms with Crippen LogP contribution in [-0.4, -0.2) is 34.2 Å². The van der Waals surface area contributed by atoms with Crippen LogP contribution in [0.5, 0.6) is 0 Å². The Morgan fingerprint density at radius 1 is 1.35 bits per heavy atom. The van der Waals surface area contributed by atoms with Crippen molar-refractivity contribution in [3.8, 4) is 5.69 Å². The Kier molecular flexibility index (Phi) is 4.45. The largest absolute Gasteiger partial charge is 0.368 e. The Morgan fingerprint density at radius 3 is 2.70 bits per heavy atom. The average molecular weight is 314 g/mol. The van der Waals surface area contributed by atoms with Crippen molar-refractivity contribution in [3.05, 3.63) is 42.0 Å². The molecule has 1 fully saturated rings. The summed E-state index contributed by atoms with van der Waals surface area (Å²) < 4.78 is 7.51. The quantitative estimate of drug-likeness (QED) is 0.907. The van der Waals surface area contributed by atoms with E-state index in [2.05, 4.69) is 10.3 Å². The maximum Gasteiger partial charge on any atom is 0.253 e. The lowest BCUT2D eigenvalue weighted by Crippen LogP contribution is -2.41. The highest BCUT2D eigenvalue weighted by Gasteiger charge is 2.26. The van der Waals surface area contributed by atoms with Crippen molar-refractivity contribution < 1.29 is 9.53 Å². The number of aromatic nitrogens is 2. The number of carbonyl (C=O) groups is 1. The number of imidazole rings is 1. The molecule has 3 N–H and O–H groups in total. The molecule has 122 valence electrons. The van der Waals surface area contributed by atoms with Gasteiger partial charge in [-0.1, -0.05) is 0 Å². The molecule has 3 rings (SSSR count). The topological polar surface area (TPSA) is 82.2 Å². The summed E-state index contributed by atoms with van der Waals surface area (Å²) in [5.74, 6) is -0.137. The van der Waals surface area contributed by atoms with Gasteiger partial charge in [0.25, 0.3) is 5.91 Å². The minimum Gasteiger partial charge on any atom is -0.368 e. The first-order chi connectivity index (χ1) is 11.0. The monoisotopic (exact) mass is 314 g/mol. The van der Waals surface area contributed by atoms with Crippen LogP contribution in [-0.2, 0) is 9.53 Å². The molecule has 2 unspecified atom stereocenters. The summed E-state index contributed by atoms with van der Waals surface area (Å²) in [6.45, 7) is 4.55. The minimum atomic E-state index is -0.461. The SMILES string of the molecule is Cc1ncn(-c2ccc(NC(=O)C3CC(N)CCO3)cc2)c1C. The number of hydrogen-bond acceptors (Lipinski definition) is 4. The lowest BCUT2D eigenvalue weighted by atomic mass is 10.0. The third kappa shape index (κ3) is 3.43. The zero-order valence-electron chi connectivity index (χ0n) is 13.5. The van der Waals surface area contributed by atoms with E-state index in [1.165, 1.54) is 0 Å². The standard InChI is InChI=1S/C17H22N4O2/c1-11-12(2)21(10-19-11)15-5-3-14(4-6-15)20-17(22)16-9-13(18)7-8-23-16/h3-6,10,13,16H,7-9,18H2,1-2H3,(H,20,22). The third-order valence-corrected chi connectivity index (χ3v) is 4.28. The molecular weight excluding hydrogens is 292 g/mol. The highest BCUT2D eigenvalue weighted by atomic mass is 16.5. The summed E-state index contributed by atoms with van der Waals surface area (Å²) in [6.07, 6.45) is 2.71. The molecule has 1 aliphatic rings. The first-order valence-electron chi connectivity index (χ1n) is 7.83. The molecule has 2 aromatic rings. The van der Waals surface area contributed by atoms with Crippen LogP contribution in [0.2, 0.25) is 0 Å². The fraction of sp³-hybridized carbons (Fsp3) is 0.412. The second-order valence-corrected chi connectivity index (χ2v) is 5.97. The van der Waals surface area contributed by atoms with Gasteiger partial charge in [0.05, 0.1) is 12.0 Å². The Balaban J connectivity index is 1.68. The van der Waals surface area contributed by atoms with Gasteiger partial charge in [-0.25, -0.2) is 4.98 Å². The van der Waals surface area contributed by atoms with E-state index in [-0.39, 0.29) is 11.9 Å². The van der Waals surface area contributed by atoms with Gasteiger partial charge in [-0.2, -0.15) is 0 Å². The number of carbonyl (C=O) groups excluding carboxylic acids is 1. The third-order valence-electron chi connectivity index (χ3n) is 4.28. The molecule has 23 heavy (non-hydrogen) atoms. The Labute approximate surface area is 135 Å². The molecule has 1 amide bonds. The second-order valence-electron chi connectivity index (χ2n) is 5.97. The van der Waals surface area contributed by atoms with Crippen LogP contribution in [0.25, 0.3) is 5.69 Å². The van der Waals surface area contributed by atoms with E-state index in [0.29, 0.717) is 13.0 Å². The number of rotatable bonds is 3.